The Bertz CT molecular complexity index is 1040. The third-order valence-corrected chi connectivity index (χ3v) is 6.19. The molecule has 4 rings (SSSR count). The van der Waals surface area contributed by atoms with E-state index in [0.717, 1.165) is 30.4 Å². The highest BCUT2D eigenvalue weighted by Crippen LogP contribution is 2.26. The number of nitrogens with zero attached hydrogens (tertiary/aromatic N) is 1. The van der Waals surface area contributed by atoms with Gasteiger partial charge in [0.25, 0.3) is 5.91 Å². The first-order valence-corrected chi connectivity index (χ1v) is 11.1. The molecule has 0 radical (unpaired) electrons. The second-order valence-electron chi connectivity index (χ2n) is 8.56. The summed E-state index contributed by atoms with van der Waals surface area (Å²) >= 11 is 0. The molecule has 2 N–H and O–H groups in total. The molecular weight excluding hydrogens is 403 g/mol. The molecule has 166 valence electrons. The molecule has 1 heterocycles. The number of hydrogen-bond acceptors (Lipinski definition) is 3. The Morgan fingerprint density at radius 3 is 2.44 bits per heavy atom. The maximum absolute atomic E-state index is 13.9. The van der Waals surface area contributed by atoms with Crippen LogP contribution in [0.1, 0.15) is 46.0 Å². The Labute approximate surface area is 188 Å². The lowest BCUT2D eigenvalue weighted by Crippen LogP contribution is -2.35. The lowest BCUT2D eigenvalue weighted by Gasteiger charge is -2.20. The largest absolute Gasteiger partial charge is 0.387 e. The number of halogens is 1. The van der Waals surface area contributed by atoms with E-state index in [4.69, 9.17) is 0 Å². The molecule has 0 spiro atoms. The van der Waals surface area contributed by atoms with Crippen molar-refractivity contribution in [3.8, 4) is 0 Å². The summed E-state index contributed by atoms with van der Waals surface area (Å²) in [5.74, 6) is -0.438. The third-order valence-electron chi connectivity index (χ3n) is 6.19. The quantitative estimate of drug-likeness (QED) is 0.578. The zero-order valence-corrected chi connectivity index (χ0v) is 18.2. The molecule has 0 aliphatic carbocycles. The molecule has 1 aliphatic rings. The van der Waals surface area contributed by atoms with Crippen molar-refractivity contribution < 1.29 is 14.3 Å². The minimum atomic E-state index is -0.508. The number of aliphatic hydroxyl groups is 1. The molecule has 32 heavy (non-hydrogen) atoms. The molecule has 0 bridgehead atoms. The molecule has 3 atom stereocenters. The van der Waals surface area contributed by atoms with Crippen LogP contribution in [0.3, 0.4) is 0 Å². The minimum Gasteiger partial charge on any atom is -0.387 e. The summed E-state index contributed by atoms with van der Waals surface area (Å²) in [6.07, 6.45) is 2.27. The summed E-state index contributed by atoms with van der Waals surface area (Å²) in [5, 5.41) is 14.2. The van der Waals surface area contributed by atoms with Gasteiger partial charge in [-0.2, -0.15) is 0 Å². The summed E-state index contributed by atoms with van der Waals surface area (Å²) in [4.78, 5) is 14.3. The molecule has 1 fully saturated rings. The van der Waals surface area contributed by atoms with Crippen LogP contribution >= 0.6 is 0 Å². The van der Waals surface area contributed by atoms with Crippen LogP contribution < -0.4 is 5.32 Å². The van der Waals surface area contributed by atoms with E-state index in [1.165, 1.54) is 11.0 Å². The first kappa shape index (κ1) is 22.2. The molecule has 0 aromatic heterocycles. The predicted octanol–water partition coefficient (Wildman–Crippen LogP) is 4.49. The Balaban J connectivity index is 1.32. The first-order chi connectivity index (χ1) is 15.5. The molecule has 0 unspecified atom stereocenters. The number of benzene rings is 3. The zero-order chi connectivity index (χ0) is 22.5. The van der Waals surface area contributed by atoms with Crippen molar-refractivity contribution >= 4 is 5.91 Å². The fourth-order valence-electron chi connectivity index (χ4n) is 4.38. The molecular formula is C27H29FN2O2. The van der Waals surface area contributed by atoms with Crippen LogP contribution in [-0.2, 0) is 13.0 Å². The number of amides is 1. The average molecular weight is 433 g/mol. The van der Waals surface area contributed by atoms with Crippen LogP contribution in [0.15, 0.2) is 78.9 Å². The normalized spacial score (nSPS) is 19.0. The first-order valence-electron chi connectivity index (χ1n) is 11.1. The molecule has 5 heteroatoms. The number of carbonyl (C=O) groups excluding carboxylic acids is 1. The summed E-state index contributed by atoms with van der Waals surface area (Å²) in [7, 11) is 1.68. The molecule has 4 nitrogen and oxygen atoms in total. The van der Waals surface area contributed by atoms with Crippen molar-refractivity contribution in [3.05, 3.63) is 107 Å². The minimum absolute atomic E-state index is 0.0512. The van der Waals surface area contributed by atoms with Gasteiger partial charge in [-0.05, 0) is 48.6 Å². The summed E-state index contributed by atoms with van der Waals surface area (Å²) < 4.78 is 13.9. The van der Waals surface area contributed by atoms with E-state index < -0.39 is 6.10 Å². The van der Waals surface area contributed by atoms with Crippen molar-refractivity contribution in [2.45, 2.75) is 44.0 Å². The van der Waals surface area contributed by atoms with Crippen molar-refractivity contribution in [1.29, 1.82) is 0 Å². The van der Waals surface area contributed by atoms with E-state index in [0.29, 0.717) is 17.2 Å². The van der Waals surface area contributed by atoms with Crippen molar-refractivity contribution in [1.82, 2.24) is 10.2 Å². The number of aliphatic hydroxyl groups excluding tert-OH is 1. The van der Waals surface area contributed by atoms with E-state index in [1.54, 1.807) is 25.2 Å². The van der Waals surface area contributed by atoms with Crippen molar-refractivity contribution in [3.63, 3.8) is 0 Å². The van der Waals surface area contributed by atoms with Gasteiger partial charge in [0, 0.05) is 36.8 Å². The van der Waals surface area contributed by atoms with Crippen LogP contribution in [0, 0.1) is 5.82 Å². The summed E-state index contributed by atoms with van der Waals surface area (Å²) in [6, 6.07) is 24.2. The molecule has 1 saturated heterocycles. The smallest absolute Gasteiger partial charge is 0.253 e. The van der Waals surface area contributed by atoms with Gasteiger partial charge in [0.2, 0.25) is 0 Å². The SMILES string of the molecule is CN(Cc1ccccc1F)C(=O)c1ccc(C[C@@H]2CC[C@H]([C@H](O)c3ccccc3)N2)cc1. The van der Waals surface area contributed by atoms with Crippen LogP contribution in [-0.4, -0.2) is 35.0 Å². The van der Waals surface area contributed by atoms with E-state index in [9.17, 15) is 14.3 Å². The molecule has 3 aromatic carbocycles. The maximum atomic E-state index is 13.9. The van der Waals surface area contributed by atoms with E-state index in [-0.39, 0.29) is 24.3 Å². The highest BCUT2D eigenvalue weighted by Gasteiger charge is 2.29. The number of hydrogen-bond donors (Lipinski definition) is 2. The highest BCUT2D eigenvalue weighted by molar-refractivity contribution is 5.94. The van der Waals surface area contributed by atoms with E-state index in [2.05, 4.69) is 5.32 Å². The topological polar surface area (TPSA) is 52.6 Å². The second kappa shape index (κ2) is 10.1. The van der Waals surface area contributed by atoms with Crippen molar-refractivity contribution in [2.24, 2.45) is 0 Å². The summed E-state index contributed by atoms with van der Waals surface area (Å²) in [5.41, 5.74) is 3.17. The van der Waals surface area contributed by atoms with Gasteiger partial charge in [-0.25, -0.2) is 4.39 Å². The van der Waals surface area contributed by atoms with Gasteiger partial charge in [-0.3, -0.25) is 4.79 Å². The summed E-state index contributed by atoms with van der Waals surface area (Å²) in [6.45, 7) is 0.227. The molecule has 0 saturated carbocycles. The molecule has 3 aromatic rings. The van der Waals surface area contributed by atoms with Crippen molar-refractivity contribution in [2.75, 3.05) is 7.05 Å². The Morgan fingerprint density at radius 2 is 1.72 bits per heavy atom. The predicted molar refractivity (Wildman–Crippen MR) is 124 cm³/mol. The van der Waals surface area contributed by atoms with Crippen LogP contribution in [0.25, 0.3) is 0 Å². The van der Waals surface area contributed by atoms with Gasteiger partial charge in [0.05, 0.1) is 6.10 Å². The van der Waals surface area contributed by atoms with Gasteiger partial charge in [0.15, 0.2) is 0 Å². The fourth-order valence-corrected chi connectivity index (χ4v) is 4.38. The standard InChI is InChI=1S/C27H29FN2O2/c1-30(18-22-9-5-6-10-24(22)28)27(32)21-13-11-19(12-14-21)17-23-15-16-25(29-23)26(31)20-7-3-2-4-8-20/h2-14,23,25-26,29,31H,15-18H2,1H3/t23-,25+,26+/m0/s1. The van der Waals surface area contributed by atoms with Gasteiger partial charge < -0.3 is 15.3 Å². The monoisotopic (exact) mass is 432 g/mol. The fraction of sp³-hybridized carbons (Fsp3) is 0.296. The molecule has 1 amide bonds. The lowest BCUT2D eigenvalue weighted by molar-refractivity contribution is 0.0784. The van der Waals surface area contributed by atoms with Crippen LogP contribution in [0.5, 0.6) is 0 Å². The number of rotatable bonds is 7. The lowest BCUT2D eigenvalue weighted by atomic mass is 10.0. The van der Waals surface area contributed by atoms with E-state index in [1.807, 2.05) is 54.6 Å². The van der Waals surface area contributed by atoms with Gasteiger partial charge in [-0.1, -0.05) is 60.7 Å². The Morgan fingerprint density at radius 1 is 1.03 bits per heavy atom. The molecule has 1 aliphatic heterocycles. The number of carbonyl (C=O) groups is 1. The number of nitrogens with one attached hydrogen (secondary N) is 1. The Hall–Kier alpha value is -3.02. The maximum Gasteiger partial charge on any atom is 0.253 e. The highest BCUT2D eigenvalue weighted by atomic mass is 19.1. The van der Waals surface area contributed by atoms with Gasteiger partial charge in [0.1, 0.15) is 5.82 Å². The van der Waals surface area contributed by atoms with Gasteiger partial charge >= 0.3 is 0 Å². The third kappa shape index (κ3) is 5.23. The van der Waals surface area contributed by atoms with E-state index >= 15 is 0 Å². The Kier molecular flexibility index (Phi) is 6.98. The van der Waals surface area contributed by atoms with Crippen LogP contribution in [0.2, 0.25) is 0 Å². The zero-order valence-electron chi connectivity index (χ0n) is 18.2. The average Bonchev–Trinajstić information content (AvgIpc) is 3.29. The second-order valence-corrected chi connectivity index (χ2v) is 8.56. The van der Waals surface area contributed by atoms with Crippen LogP contribution in [0.4, 0.5) is 4.39 Å². The van der Waals surface area contributed by atoms with Gasteiger partial charge in [-0.15, -0.1) is 0 Å².